The molecule has 7 nitrogen and oxygen atoms in total. The Hall–Kier alpha value is -3.70. The topological polar surface area (TPSA) is 118 Å². The maximum atomic E-state index is 13.2. The molecule has 0 amide bonds. The molecule has 0 radical (unpaired) electrons. The smallest absolute Gasteiger partial charge is 0.256 e. The van der Waals surface area contributed by atoms with Crippen LogP contribution in [0.25, 0.3) is 20.4 Å². The van der Waals surface area contributed by atoms with Crippen LogP contribution in [0.5, 0.6) is 5.75 Å². The first-order valence-corrected chi connectivity index (χ1v) is 9.75. The molecule has 0 spiro atoms. The van der Waals surface area contributed by atoms with Gasteiger partial charge in [0.25, 0.3) is 5.56 Å². The fourth-order valence-electron chi connectivity index (χ4n) is 3.94. The summed E-state index contributed by atoms with van der Waals surface area (Å²) >= 11 is 1.44. The number of nitrogens with two attached hydrogens (primary N) is 1. The fraction of sp³-hybridized carbons (Fsp3) is 0.143. The second-order valence-electron chi connectivity index (χ2n) is 6.97. The number of nitrogens with zero attached hydrogens (tertiary/aromatic N) is 3. The first kappa shape index (κ1) is 17.4. The molecule has 0 saturated carbocycles. The summed E-state index contributed by atoms with van der Waals surface area (Å²) < 4.78 is 6.61. The SMILES string of the molecule is Cc1cc(C)c2c(n1)sc1c3c(c(=O)[nH]c12)[C@@H](c1cccnc1)C(C#N)=C(N)O3. The molecule has 29 heavy (non-hydrogen) atoms. The minimum atomic E-state index is -0.647. The van der Waals surface area contributed by atoms with Gasteiger partial charge in [-0.25, -0.2) is 4.98 Å². The molecular formula is C21H15N5O2S. The van der Waals surface area contributed by atoms with Crippen LogP contribution >= 0.6 is 11.3 Å². The number of ether oxygens (including phenoxy) is 1. The average molecular weight is 401 g/mol. The highest BCUT2D eigenvalue weighted by atomic mass is 32.1. The number of rotatable bonds is 1. The van der Waals surface area contributed by atoms with Crippen molar-refractivity contribution in [3.63, 3.8) is 0 Å². The van der Waals surface area contributed by atoms with E-state index in [4.69, 9.17) is 10.5 Å². The third-order valence-corrected chi connectivity index (χ3v) is 6.20. The van der Waals surface area contributed by atoms with E-state index in [1.807, 2.05) is 26.0 Å². The molecule has 0 aliphatic carbocycles. The fourth-order valence-corrected chi connectivity index (χ4v) is 5.19. The van der Waals surface area contributed by atoms with Gasteiger partial charge in [0.2, 0.25) is 5.88 Å². The maximum absolute atomic E-state index is 13.2. The van der Waals surface area contributed by atoms with Crippen LogP contribution in [-0.4, -0.2) is 15.0 Å². The third kappa shape index (κ3) is 2.45. The van der Waals surface area contributed by atoms with Crippen LogP contribution < -0.4 is 16.0 Å². The summed E-state index contributed by atoms with van der Waals surface area (Å²) in [5.74, 6) is -0.264. The second-order valence-corrected chi connectivity index (χ2v) is 7.97. The molecule has 1 atom stereocenters. The largest absolute Gasteiger partial charge is 0.438 e. The van der Waals surface area contributed by atoms with Gasteiger partial charge in [-0.1, -0.05) is 6.07 Å². The Kier molecular flexibility index (Phi) is 3.69. The number of aromatic amines is 1. The summed E-state index contributed by atoms with van der Waals surface area (Å²) in [6, 6.07) is 7.66. The van der Waals surface area contributed by atoms with Crippen LogP contribution in [-0.2, 0) is 0 Å². The molecule has 142 valence electrons. The minimum absolute atomic E-state index is 0.000860. The van der Waals surface area contributed by atoms with Gasteiger partial charge < -0.3 is 15.5 Å². The average Bonchev–Trinajstić information content (AvgIpc) is 3.06. The number of allylic oxidation sites excluding steroid dienone is 1. The van der Waals surface area contributed by atoms with Gasteiger partial charge in [0.05, 0.1) is 21.7 Å². The van der Waals surface area contributed by atoms with Crippen molar-refractivity contribution in [2.45, 2.75) is 19.8 Å². The zero-order valence-corrected chi connectivity index (χ0v) is 16.4. The molecule has 5 heterocycles. The van der Waals surface area contributed by atoms with Crippen LogP contribution in [0.15, 0.2) is 46.8 Å². The standard InChI is InChI=1S/C21H15N5O2S/c1-9-6-10(2)25-21-13(9)16-18(29-21)17-15(20(27)26-16)14(11-4-3-5-24-8-11)12(7-22)19(23)28-17/h3-6,8,14H,23H2,1-2H3,(H,26,27)/t14-/m0/s1. The van der Waals surface area contributed by atoms with E-state index in [1.165, 1.54) is 11.3 Å². The molecule has 1 aliphatic rings. The van der Waals surface area contributed by atoms with Crippen molar-refractivity contribution in [2.75, 3.05) is 0 Å². The molecule has 5 rings (SSSR count). The molecule has 0 bridgehead atoms. The lowest BCUT2D eigenvalue weighted by Crippen LogP contribution is -2.27. The zero-order chi connectivity index (χ0) is 20.3. The summed E-state index contributed by atoms with van der Waals surface area (Å²) in [5.41, 5.74) is 9.65. The minimum Gasteiger partial charge on any atom is -0.438 e. The number of aromatic nitrogens is 3. The van der Waals surface area contributed by atoms with Crippen molar-refractivity contribution in [3.8, 4) is 11.8 Å². The van der Waals surface area contributed by atoms with Crippen molar-refractivity contribution < 1.29 is 4.74 Å². The number of nitriles is 1. The number of nitrogens with one attached hydrogen (secondary N) is 1. The van der Waals surface area contributed by atoms with E-state index in [9.17, 15) is 10.1 Å². The molecule has 0 aromatic carbocycles. The van der Waals surface area contributed by atoms with E-state index < -0.39 is 5.92 Å². The summed E-state index contributed by atoms with van der Waals surface area (Å²) in [6.07, 6.45) is 3.27. The summed E-state index contributed by atoms with van der Waals surface area (Å²) in [5, 5.41) is 10.6. The number of fused-ring (bicyclic) bond motifs is 5. The third-order valence-electron chi connectivity index (χ3n) is 5.11. The van der Waals surface area contributed by atoms with Crippen LogP contribution in [0, 0.1) is 25.2 Å². The molecule has 1 aliphatic heterocycles. The highest BCUT2D eigenvalue weighted by Crippen LogP contribution is 2.46. The number of hydrogen-bond acceptors (Lipinski definition) is 7. The highest BCUT2D eigenvalue weighted by molar-refractivity contribution is 7.25. The number of H-pyrrole nitrogens is 1. The molecule has 8 heteroatoms. The quantitative estimate of drug-likeness (QED) is 0.505. The second kappa shape index (κ2) is 6.15. The van der Waals surface area contributed by atoms with E-state index in [-0.39, 0.29) is 17.0 Å². The Labute approximate surface area is 169 Å². The van der Waals surface area contributed by atoms with Crippen LogP contribution in [0.1, 0.15) is 28.3 Å². The van der Waals surface area contributed by atoms with Crippen LogP contribution in [0.3, 0.4) is 0 Å². The Morgan fingerprint density at radius 1 is 1.38 bits per heavy atom. The molecule has 4 aromatic heterocycles. The number of thiophene rings is 1. The van der Waals surface area contributed by atoms with Crippen molar-refractivity contribution in [1.29, 1.82) is 5.26 Å². The first-order valence-electron chi connectivity index (χ1n) is 8.93. The van der Waals surface area contributed by atoms with Gasteiger partial charge in [0, 0.05) is 23.5 Å². The van der Waals surface area contributed by atoms with Gasteiger partial charge in [-0.2, -0.15) is 5.26 Å². The van der Waals surface area contributed by atoms with Gasteiger partial charge in [0.15, 0.2) is 5.75 Å². The van der Waals surface area contributed by atoms with Crippen molar-refractivity contribution >= 4 is 31.8 Å². The highest BCUT2D eigenvalue weighted by Gasteiger charge is 2.35. The number of hydrogen-bond donors (Lipinski definition) is 2. The first-order chi connectivity index (χ1) is 14.0. The Morgan fingerprint density at radius 2 is 2.21 bits per heavy atom. The number of pyridine rings is 3. The maximum Gasteiger partial charge on any atom is 0.256 e. The molecule has 0 unspecified atom stereocenters. The van der Waals surface area contributed by atoms with E-state index in [0.717, 1.165) is 26.2 Å². The van der Waals surface area contributed by atoms with Gasteiger partial charge >= 0.3 is 0 Å². The molecule has 3 N–H and O–H groups in total. The van der Waals surface area contributed by atoms with E-state index in [1.54, 1.807) is 18.5 Å². The monoisotopic (exact) mass is 401 g/mol. The molecule has 4 aromatic rings. The van der Waals surface area contributed by atoms with Gasteiger partial charge in [-0.05, 0) is 37.1 Å². The summed E-state index contributed by atoms with van der Waals surface area (Å²) in [4.78, 5) is 25.8. The van der Waals surface area contributed by atoms with Crippen molar-refractivity contribution in [1.82, 2.24) is 15.0 Å². The lowest BCUT2D eigenvalue weighted by molar-refractivity contribution is 0.397. The van der Waals surface area contributed by atoms with Gasteiger partial charge in [-0.15, -0.1) is 11.3 Å². The van der Waals surface area contributed by atoms with Crippen molar-refractivity contribution in [3.05, 3.63) is 74.8 Å². The Morgan fingerprint density at radius 3 is 2.93 bits per heavy atom. The Balaban J connectivity index is 1.91. The predicted octanol–water partition coefficient (Wildman–Crippen LogP) is 3.37. The normalized spacial score (nSPS) is 16.0. The summed E-state index contributed by atoms with van der Waals surface area (Å²) in [6.45, 7) is 3.92. The van der Waals surface area contributed by atoms with E-state index in [0.29, 0.717) is 22.4 Å². The van der Waals surface area contributed by atoms with Gasteiger partial charge in [0.1, 0.15) is 16.5 Å². The molecule has 0 fully saturated rings. The van der Waals surface area contributed by atoms with Crippen LogP contribution in [0.4, 0.5) is 0 Å². The summed E-state index contributed by atoms with van der Waals surface area (Å²) in [7, 11) is 0. The lowest BCUT2D eigenvalue weighted by atomic mass is 9.85. The van der Waals surface area contributed by atoms with Crippen LogP contribution in [0.2, 0.25) is 0 Å². The van der Waals surface area contributed by atoms with Gasteiger partial charge in [-0.3, -0.25) is 9.78 Å². The van der Waals surface area contributed by atoms with E-state index >= 15 is 0 Å². The predicted molar refractivity (Wildman–Crippen MR) is 111 cm³/mol. The van der Waals surface area contributed by atoms with Crippen molar-refractivity contribution in [2.24, 2.45) is 5.73 Å². The zero-order valence-electron chi connectivity index (χ0n) is 15.6. The molecular weight excluding hydrogens is 386 g/mol. The Bertz CT molecular complexity index is 1440. The van der Waals surface area contributed by atoms with E-state index in [2.05, 4.69) is 21.0 Å². The lowest BCUT2D eigenvalue weighted by Gasteiger charge is -2.25. The number of aryl methyl sites for hydroxylation is 2. The molecule has 0 saturated heterocycles.